The molecule has 0 spiro atoms. The second-order valence-electron chi connectivity index (χ2n) is 5.24. The lowest BCUT2D eigenvalue weighted by Gasteiger charge is -2.29. The van der Waals surface area contributed by atoms with Gasteiger partial charge in [-0.05, 0) is 31.1 Å². The van der Waals surface area contributed by atoms with Crippen LogP contribution in [0.1, 0.15) is 19.4 Å². The molecule has 2 N–H and O–H groups in total. The zero-order chi connectivity index (χ0) is 13.1. The average molecular weight is 259 g/mol. The summed E-state index contributed by atoms with van der Waals surface area (Å²) in [4.78, 5) is 2.04. The van der Waals surface area contributed by atoms with E-state index in [4.69, 9.17) is 17.3 Å². The number of rotatable bonds is 5. The Bertz CT molecular complexity index is 359. The van der Waals surface area contributed by atoms with E-state index in [1.54, 1.807) is 12.1 Å². The maximum atomic E-state index is 13.6. The molecular weight excluding hydrogens is 239 g/mol. The normalized spacial score (nSPS) is 12.2. The van der Waals surface area contributed by atoms with Crippen LogP contribution in [0.15, 0.2) is 18.2 Å². The Labute approximate surface area is 108 Å². The SMILES string of the molecule is CN(Cc1c(F)cccc1Cl)CC(C)(C)CN. The summed E-state index contributed by atoms with van der Waals surface area (Å²) in [6.45, 7) is 6.07. The Hall–Kier alpha value is -0.640. The van der Waals surface area contributed by atoms with Gasteiger partial charge >= 0.3 is 0 Å². The summed E-state index contributed by atoms with van der Waals surface area (Å²) < 4.78 is 13.6. The lowest BCUT2D eigenvalue weighted by atomic mass is 9.93. The molecule has 0 radical (unpaired) electrons. The van der Waals surface area contributed by atoms with Crippen LogP contribution in [-0.2, 0) is 6.54 Å². The highest BCUT2D eigenvalue weighted by atomic mass is 35.5. The van der Waals surface area contributed by atoms with E-state index in [1.165, 1.54) is 6.07 Å². The highest BCUT2D eigenvalue weighted by Gasteiger charge is 2.19. The first kappa shape index (κ1) is 14.4. The molecule has 96 valence electrons. The highest BCUT2D eigenvalue weighted by molar-refractivity contribution is 6.31. The molecule has 1 rings (SSSR count). The van der Waals surface area contributed by atoms with Crippen LogP contribution in [0.3, 0.4) is 0 Å². The summed E-state index contributed by atoms with van der Waals surface area (Å²) >= 11 is 5.99. The zero-order valence-corrected chi connectivity index (χ0v) is 11.4. The molecule has 0 atom stereocenters. The molecule has 0 aliphatic heterocycles. The Kier molecular flexibility index (Phi) is 4.92. The number of halogens is 2. The molecule has 0 bridgehead atoms. The number of nitrogens with zero attached hydrogens (tertiary/aromatic N) is 1. The Morgan fingerprint density at radius 1 is 1.41 bits per heavy atom. The van der Waals surface area contributed by atoms with Gasteiger partial charge in [0.25, 0.3) is 0 Å². The van der Waals surface area contributed by atoms with Gasteiger partial charge in [-0.15, -0.1) is 0 Å². The molecule has 4 heteroatoms. The van der Waals surface area contributed by atoms with Crippen molar-refractivity contribution in [1.82, 2.24) is 4.90 Å². The molecule has 0 heterocycles. The average Bonchev–Trinajstić information content (AvgIpc) is 2.23. The Balaban J connectivity index is 2.72. The summed E-state index contributed by atoms with van der Waals surface area (Å²) in [5.41, 5.74) is 6.25. The van der Waals surface area contributed by atoms with Crippen LogP contribution < -0.4 is 5.73 Å². The number of nitrogens with two attached hydrogens (primary N) is 1. The first-order valence-corrected chi connectivity index (χ1v) is 6.05. The maximum Gasteiger partial charge on any atom is 0.129 e. The fraction of sp³-hybridized carbons (Fsp3) is 0.538. The molecule has 0 saturated carbocycles. The number of benzene rings is 1. The minimum Gasteiger partial charge on any atom is -0.330 e. The summed E-state index contributed by atoms with van der Waals surface area (Å²) in [5, 5.41) is 0.474. The summed E-state index contributed by atoms with van der Waals surface area (Å²) in [6, 6.07) is 4.76. The van der Waals surface area contributed by atoms with Crippen molar-refractivity contribution in [3.8, 4) is 0 Å². The van der Waals surface area contributed by atoms with E-state index in [-0.39, 0.29) is 11.2 Å². The summed E-state index contributed by atoms with van der Waals surface area (Å²) in [6.07, 6.45) is 0. The molecule has 2 nitrogen and oxygen atoms in total. The van der Waals surface area contributed by atoms with E-state index in [2.05, 4.69) is 13.8 Å². The van der Waals surface area contributed by atoms with Crippen molar-refractivity contribution in [1.29, 1.82) is 0 Å². The van der Waals surface area contributed by atoms with Crippen molar-refractivity contribution >= 4 is 11.6 Å². The monoisotopic (exact) mass is 258 g/mol. The molecule has 0 unspecified atom stereocenters. The number of hydrogen-bond acceptors (Lipinski definition) is 2. The maximum absolute atomic E-state index is 13.6. The van der Waals surface area contributed by atoms with Crippen molar-refractivity contribution in [2.75, 3.05) is 20.1 Å². The van der Waals surface area contributed by atoms with Gasteiger partial charge in [-0.2, -0.15) is 0 Å². The van der Waals surface area contributed by atoms with Gasteiger partial charge in [0.05, 0.1) is 0 Å². The first-order chi connectivity index (χ1) is 7.85. The molecule has 0 aromatic heterocycles. The van der Waals surface area contributed by atoms with Crippen LogP contribution in [0.25, 0.3) is 0 Å². The van der Waals surface area contributed by atoms with E-state index >= 15 is 0 Å². The minimum atomic E-state index is -0.255. The van der Waals surface area contributed by atoms with Gasteiger partial charge in [0, 0.05) is 23.7 Å². The van der Waals surface area contributed by atoms with E-state index in [1.807, 2.05) is 11.9 Å². The lowest BCUT2D eigenvalue weighted by Crippen LogP contribution is -2.36. The third-order valence-electron chi connectivity index (χ3n) is 2.74. The summed E-state index contributed by atoms with van der Waals surface area (Å²) in [7, 11) is 1.94. The van der Waals surface area contributed by atoms with Gasteiger partial charge in [0.2, 0.25) is 0 Å². The molecule has 0 aliphatic rings. The van der Waals surface area contributed by atoms with Crippen LogP contribution in [0.2, 0.25) is 5.02 Å². The van der Waals surface area contributed by atoms with Gasteiger partial charge < -0.3 is 10.6 Å². The minimum absolute atomic E-state index is 0.0203. The zero-order valence-electron chi connectivity index (χ0n) is 10.6. The predicted molar refractivity (Wildman–Crippen MR) is 70.6 cm³/mol. The van der Waals surface area contributed by atoms with E-state index in [9.17, 15) is 4.39 Å². The van der Waals surface area contributed by atoms with Crippen LogP contribution in [0.5, 0.6) is 0 Å². The van der Waals surface area contributed by atoms with Crippen LogP contribution >= 0.6 is 11.6 Å². The molecule has 0 fully saturated rings. The molecule has 1 aromatic rings. The van der Waals surface area contributed by atoms with Crippen molar-refractivity contribution in [2.45, 2.75) is 20.4 Å². The third kappa shape index (κ3) is 4.26. The quantitative estimate of drug-likeness (QED) is 0.880. The highest BCUT2D eigenvalue weighted by Crippen LogP contribution is 2.22. The molecule has 0 saturated heterocycles. The van der Waals surface area contributed by atoms with Crippen molar-refractivity contribution < 1.29 is 4.39 Å². The van der Waals surface area contributed by atoms with Crippen LogP contribution in [-0.4, -0.2) is 25.0 Å². The summed E-state index contributed by atoms with van der Waals surface area (Å²) in [5.74, 6) is -0.255. The molecule has 0 amide bonds. The fourth-order valence-electron chi connectivity index (χ4n) is 1.80. The third-order valence-corrected chi connectivity index (χ3v) is 3.09. The lowest BCUT2D eigenvalue weighted by molar-refractivity contribution is 0.208. The standard InChI is InChI=1S/C13H20ClFN2/c1-13(2,8-16)9-17(3)7-10-11(14)5-4-6-12(10)15/h4-6H,7-9,16H2,1-3H3. The van der Waals surface area contributed by atoms with Gasteiger partial charge in [0.1, 0.15) is 5.82 Å². The fourth-order valence-corrected chi connectivity index (χ4v) is 2.03. The molecular formula is C13H20ClFN2. The van der Waals surface area contributed by atoms with Crippen LogP contribution in [0.4, 0.5) is 4.39 Å². The largest absolute Gasteiger partial charge is 0.330 e. The van der Waals surface area contributed by atoms with E-state index < -0.39 is 0 Å². The van der Waals surface area contributed by atoms with Gasteiger partial charge in [-0.1, -0.05) is 31.5 Å². The van der Waals surface area contributed by atoms with E-state index in [0.29, 0.717) is 23.7 Å². The van der Waals surface area contributed by atoms with E-state index in [0.717, 1.165) is 6.54 Å². The second-order valence-corrected chi connectivity index (χ2v) is 5.65. The van der Waals surface area contributed by atoms with Crippen molar-refractivity contribution in [3.05, 3.63) is 34.6 Å². The van der Waals surface area contributed by atoms with Crippen LogP contribution in [0, 0.1) is 11.2 Å². The topological polar surface area (TPSA) is 29.3 Å². The van der Waals surface area contributed by atoms with Crippen molar-refractivity contribution in [2.24, 2.45) is 11.1 Å². The van der Waals surface area contributed by atoms with Crippen molar-refractivity contribution in [3.63, 3.8) is 0 Å². The first-order valence-electron chi connectivity index (χ1n) is 5.67. The Morgan fingerprint density at radius 3 is 2.59 bits per heavy atom. The molecule has 0 aliphatic carbocycles. The molecule has 1 aromatic carbocycles. The smallest absolute Gasteiger partial charge is 0.129 e. The van der Waals surface area contributed by atoms with Gasteiger partial charge in [-0.3, -0.25) is 0 Å². The Morgan fingerprint density at radius 2 is 2.06 bits per heavy atom. The second kappa shape index (κ2) is 5.80. The predicted octanol–water partition coefficient (Wildman–Crippen LogP) is 2.90. The molecule has 17 heavy (non-hydrogen) atoms. The van der Waals surface area contributed by atoms with Gasteiger partial charge in [-0.25, -0.2) is 4.39 Å². The van der Waals surface area contributed by atoms with Gasteiger partial charge in [0.15, 0.2) is 0 Å². The number of hydrogen-bond donors (Lipinski definition) is 1.